The summed E-state index contributed by atoms with van der Waals surface area (Å²) in [5.41, 5.74) is 2.05. The van der Waals surface area contributed by atoms with Crippen molar-refractivity contribution in [2.75, 3.05) is 30.3 Å². The normalized spacial score (nSPS) is 11.9. The van der Waals surface area contributed by atoms with Gasteiger partial charge < -0.3 is 15.0 Å². The number of nitrogens with zero attached hydrogens (tertiary/aromatic N) is 2. The van der Waals surface area contributed by atoms with Crippen molar-refractivity contribution in [3.05, 3.63) is 95.0 Å². The van der Waals surface area contributed by atoms with E-state index in [4.69, 9.17) is 16.3 Å². The third kappa shape index (κ3) is 9.23. The van der Waals surface area contributed by atoms with Crippen molar-refractivity contribution in [2.24, 2.45) is 0 Å². The lowest BCUT2D eigenvalue weighted by Gasteiger charge is -2.32. The maximum atomic E-state index is 13.8. The molecule has 3 aromatic rings. The van der Waals surface area contributed by atoms with Crippen molar-refractivity contribution in [1.82, 2.24) is 10.2 Å². The SMILES string of the molecule is CCNC(=O)[C@@H](Cc1ccccc1)N(Cc1ccccc1Cl)C(=O)CCCN(c1ccccc1OCC)S(C)(=O)=O. The van der Waals surface area contributed by atoms with Crippen molar-refractivity contribution >= 4 is 39.1 Å². The van der Waals surface area contributed by atoms with E-state index >= 15 is 0 Å². The predicted octanol–water partition coefficient (Wildman–Crippen LogP) is 5.06. The average Bonchev–Trinajstić information content (AvgIpc) is 2.94. The number of hydrogen-bond donors (Lipinski definition) is 1. The molecule has 0 fully saturated rings. The van der Waals surface area contributed by atoms with Gasteiger partial charge in [-0.2, -0.15) is 0 Å². The highest BCUT2D eigenvalue weighted by Gasteiger charge is 2.31. The molecule has 8 nitrogen and oxygen atoms in total. The Morgan fingerprint density at radius 3 is 2.27 bits per heavy atom. The van der Waals surface area contributed by atoms with E-state index < -0.39 is 16.1 Å². The number of rotatable bonds is 15. The van der Waals surface area contributed by atoms with Crippen LogP contribution in [0.1, 0.15) is 37.8 Å². The van der Waals surface area contributed by atoms with E-state index in [2.05, 4.69) is 5.32 Å². The first kappa shape index (κ1) is 32.0. The van der Waals surface area contributed by atoms with E-state index in [9.17, 15) is 18.0 Å². The molecule has 1 atom stereocenters. The van der Waals surface area contributed by atoms with Gasteiger partial charge in [-0.3, -0.25) is 13.9 Å². The molecule has 0 saturated heterocycles. The highest BCUT2D eigenvalue weighted by Crippen LogP contribution is 2.30. The highest BCUT2D eigenvalue weighted by atomic mass is 35.5. The van der Waals surface area contributed by atoms with Crippen LogP contribution in [0, 0.1) is 0 Å². The minimum atomic E-state index is -3.66. The van der Waals surface area contributed by atoms with Crippen LogP contribution in [-0.4, -0.2) is 57.1 Å². The Morgan fingerprint density at radius 1 is 0.951 bits per heavy atom. The number of nitrogens with one attached hydrogen (secondary N) is 1. The summed E-state index contributed by atoms with van der Waals surface area (Å²) in [6, 6.07) is 22.9. The lowest BCUT2D eigenvalue weighted by Crippen LogP contribution is -2.50. The second kappa shape index (κ2) is 15.4. The van der Waals surface area contributed by atoms with Gasteiger partial charge in [-0.25, -0.2) is 8.42 Å². The molecule has 0 heterocycles. The number of likely N-dealkylation sites (N-methyl/N-ethyl adjacent to an activating group) is 1. The number of amides is 2. The number of halogens is 1. The molecule has 10 heteroatoms. The van der Waals surface area contributed by atoms with Crippen LogP contribution in [0.2, 0.25) is 5.02 Å². The zero-order valence-electron chi connectivity index (χ0n) is 23.8. The summed E-state index contributed by atoms with van der Waals surface area (Å²) in [4.78, 5) is 28.7. The Balaban J connectivity index is 1.88. The molecule has 41 heavy (non-hydrogen) atoms. The number of carbonyl (C=O) groups excluding carboxylic acids is 2. The first-order chi connectivity index (χ1) is 19.7. The van der Waals surface area contributed by atoms with Gasteiger partial charge >= 0.3 is 0 Å². The lowest BCUT2D eigenvalue weighted by molar-refractivity contribution is -0.141. The third-order valence-corrected chi connectivity index (χ3v) is 8.06. The topological polar surface area (TPSA) is 96.0 Å². The van der Waals surface area contributed by atoms with Crippen LogP contribution >= 0.6 is 11.6 Å². The summed E-state index contributed by atoms with van der Waals surface area (Å²) < 4.78 is 32.4. The summed E-state index contributed by atoms with van der Waals surface area (Å²) in [5.74, 6) is -0.0879. The van der Waals surface area contributed by atoms with Gasteiger partial charge in [-0.1, -0.05) is 72.3 Å². The van der Waals surface area contributed by atoms with Crippen molar-refractivity contribution in [3.8, 4) is 5.75 Å². The number of sulfonamides is 1. The smallest absolute Gasteiger partial charge is 0.243 e. The number of ether oxygens (including phenoxy) is 1. The van der Waals surface area contributed by atoms with Gasteiger partial charge in [-0.15, -0.1) is 0 Å². The molecule has 0 unspecified atom stereocenters. The summed E-state index contributed by atoms with van der Waals surface area (Å²) >= 11 is 6.46. The average molecular weight is 600 g/mol. The summed E-state index contributed by atoms with van der Waals surface area (Å²) in [6.07, 6.45) is 1.71. The molecule has 0 radical (unpaired) electrons. The molecule has 0 aliphatic rings. The first-order valence-corrected chi connectivity index (χ1v) is 15.9. The molecule has 0 aromatic heterocycles. The molecule has 220 valence electrons. The first-order valence-electron chi connectivity index (χ1n) is 13.7. The zero-order valence-corrected chi connectivity index (χ0v) is 25.3. The summed E-state index contributed by atoms with van der Waals surface area (Å²) in [5, 5.41) is 3.36. The van der Waals surface area contributed by atoms with Crippen LogP contribution in [0.5, 0.6) is 5.75 Å². The van der Waals surface area contributed by atoms with E-state index in [1.165, 1.54) is 4.31 Å². The Hall–Kier alpha value is -3.56. The van der Waals surface area contributed by atoms with Crippen LogP contribution < -0.4 is 14.4 Å². The fourth-order valence-corrected chi connectivity index (χ4v) is 5.74. The minimum absolute atomic E-state index is 0.0258. The quantitative estimate of drug-likeness (QED) is 0.263. The van der Waals surface area contributed by atoms with Crippen LogP contribution in [0.3, 0.4) is 0 Å². The molecule has 2 amide bonds. The monoisotopic (exact) mass is 599 g/mol. The van der Waals surface area contributed by atoms with Gasteiger partial charge in [0.2, 0.25) is 21.8 Å². The molecule has 0 spiro atoms. The standard InChI is InChI=1S/C31H38ClN3O5S/c1-4-33-31(37)28(22-24-14-7-6-8-15-24)34(23-25-16-9-10-17-26(25)32)30(36)20-13-21-35(41(3,38)39)27-18-11-12-19-29(27)40-5-2/h6-12,14-19,28H,4-5,13,20-23H2,1-3H3,(H,33,37)/t28-/m1/s1. The molecule has 3 aromatic carbocycles. The number of benzene rings is 3. The summed E-state index contributed by atoms with van der Waals surface area (Å²) in [7, 11) is -3.66. The van der Waals surface area contributed by atoms with Crippen LogP contribution in [0.15, 0.2) is 78.9 Å². The van der Waals surface area contributed by atoms with Crippen molar-refractivity contribution < 1.29 is 22.7 Å². The molecular formula is C31H38ClN3O5S. The fraction of sp³-hybridized carbons (Fsp3) is 0.355. The second-order valence-corrected chi connectivity index (χ2v) is 11.9. The molecule has 0 saturated carbocycles. The number of anilines is 1. The molecule has 3 rings (SSSR count). The van der Waals surface area contributed by atoms with Crippen molar-refractivity contribution in [1.29, 1.82) is 0 Å². The van der Waals surface area contributed by atoms with E-state index in [1.54, 1.807) is 35.2 Å². The summed E-state index contributed by atoms with van der Waals surface area (Å²) in [6.45, 7) is 4.66. The third-order valence-electron chi connectivity index (χ3n) is 6.51. The largest absolute Gasteiger partial charge is 0.492 e. The van der Waals surface area contributed by atoms with Gasteiger partial charge in [-0.05, 0) is 49.6 Å². The van der Waals surface area contributed by atoms with Crippen LogP contribution in [0.4, 0.5) is 5.69 Å². The Kier molecular flexibility index (Phi) is 12.0. The van der Waals surface area contributed by atoms with Gasteiger partial charge in [0.1, 0.15) is 11.8 Å². The van der Waals surface area contributed by atoms with Gasteiger partial charge in [0.15, 0.2) is 0 Å². The zero-order chi connectivity index (χ0) is 29.8. The van der Waals surface area contributed by atoms with E-state index in [1.807, 2.05) is 62.4 Å². The molecule has 0 aliphatic heterocycles. The Labute approximate surface area is 248 Å². The van der Waals surface area contributed by atoms with E-state index in [0.29, 0.717) is 41.6 Å². The number of para-hydroxylation sites is 2. The minimum Gasteiger partial charge on any atom is -0.492 e. The predicted molar refractivity (Wildman–Crippen MR) is 164 cm³/mol. The second-order valence-electron chi connectivity index (χ2n) is 9.55. The van der Waals surface area contributed by atoms with Crippen molar-refractivity contribution in [2.45, 2.75) is 45.7 Å². The van der Waals surface area contributed by atoms with Crippen LogP contribution in [-0.2, 0) is 32.6 Å². The highest BCUT2D eigenvalue weighted by molar-refractivity contribution is 7.92. The fourth-order valence-electron chi connectivity index (χ4n) is 4.58. The van der Waals surface area contributed by atoms with Crippen LogP contribution in [0.25, 0.3) is 0 Å². The molecule has 0 aliphatic carbocycles. The maximum absolute atomic E-state index is 13.8. The Bertz CT molecular complexity index is 1400. The lowest BCUT2D eigenvalue weighted by atomic mass is 10.0. The maximum Gasteiger partial charge on any atom is 0.243 e. The number of carbonyl (C=O) groups is 2. The molecule has 1 N–H and O–H groups in total. The van der Waals surface area contributed by atoms with Gasteiger partial charge in [0.05, 0.1) is 18.6 Å². The Morgan fingerprint density at radius 2 is 1.61 bits per heavy atom. The van der Waals surface area contributed by atoms with Gasteiger partial charge in [0.25, 0.3) is 0 Å². The molecular weight excluding hydrogens is 562 g/mol. The van der Waals surface area contributed by atoms with Crippen molar-refractivity contribution in [3.63, 3.8) is 0 Å². The van der Waals surface area contributed by atoms with E-state index in [0.717, 1.165) is 11.8 Å². The van der Waals surface area contributed by atoms with Gasteiger partial charge in [0, 0.05) is 37.5 Å². The van der Waals surface area contributed by atoms with E-state index in [-0.39, 0.29) is 37.7 Å². The molecule has 0 bridgehead atoms. The number of hydrogen-bond acceptors (Lipinski definition) is 5.